The molecule has 24 heavy (non-hydrogen) atoms. The first kappa shape index (κ1) is 14.3. The Labute approximate surface area is 151 Å². The van der Waals surface area contributed by atoms with Crippen LogP contribution in [-0.2, 0) is 0 Å². The molecular weight excluding hydrogens is 388 g/mol. The van der Waals surface area contributed by atoms with Gasteiger partial charge in [0.2, 0.25) is 6.23 Å². The fourth-order valence-electron chi connectivity index (χ4n) is 3.27. The predicted octanol–water partition coefficient (Wildman–Crippen LogP) is 5.35. The second-order valence-electron chi connectivity index (χ2n) is 5.79. The van der Waals surface area contributed by atoms with Crippen molar-refractivity contribution in [2.24, 2.45) is 5.10 Å². The van der Waals surface area contributed by atoms with Crippen LogP contribution in [0.25, 0.3) is 0 Å². The van der Waals surface area contributed by atoms with Crippen LogP contribution in [0.15, 0.2) is 68.1 Å². The summed E-state index contributed by atoms with van der Waals surface area (Å²) in [6, 6.07) is 14.3. The summed E-state index contributed by atoms with van der Waals surface area (Å²) in [4.78, 5) is 1.15. The Morgan fingerprint density at radius 2 is 2.17 bits per heavy atom. The number of halogens is 1. The van der Waals surface area contributed by atoms with E-state index in [0.29, 0.717) is 0 Å². The molecule has 0 saturated heterocycles. The van der Waals surface area contributed by atoms with E-state index in [0.717, 1.165) is 38.6 Å². The van der Waals surface area contributed by atoms with Crippen molar-refractivity contribution in [2.45, 2.75) is 18.7 Å². The Hall–Kier alpha value is -2.05. The van der Waals surface area contributed by atoms with Crippen LogP contribution in [0, 0.1) is 0 Å². The highest BCUT2D eigenvalue weighted by molar-refractivity contribution is 9.10. The maximum atomic E-state index is 6.29. The molecule has 120 valence electrons. The average molecular weight is 401 g/mol. The molecule has 2 atom stereocenters. The third-order valence-electron chi connectivity index (χ3n) is 4.34. The first-order chi connectivity index (χ1) is 11.8. The largest absolute Gasteiger partial charge is 0.464 e. The molecule has 0 spiro atoms. The number of hydrogen-bond acceptors (Lipinski definition) is 5. The lowest BCUT2D eigenvalue weighted by molar-refractivity contribution is -0.0166. The number of hydrazone groups is 1. The summed E-state index contributed by atoms with van der Waals surface area (Å²) in [5.41, 5.74) is 2.12. The summed E-state index contributed by atoms with van der Waals surface area (Å²) in [5, 5.41) is 8.98. The van der Waals surface area contributed by atoms with Gasteiger partial charge in [-0.2, -0.15) is 5.10 Å². The lowest BCUT2D eigenvalue weighted by Gasteiger charge is -2.37. The molecule has 6 heteroatoms. The van der Waals surface area contributed by atoms with Crippen LogP contribution < -0.4 is 4.74 Å². The molecule has 2 aromatic heterocycles. The van der Waals surface area contributed by atoms with Crippen molar-refractivity contribution in [2.75, 3.05) is 0 Å². The molecule has 2 aliphatic heterocycles. The molecule has 2 aliphatic rings. The molecule has 3 aromatic rings. The van der Waals surface area contributed by atoms with Crippen molar-refractivity contribution in [1.29, 1.82) is 0 Å². The SMILES string of the molecule is Brc1ccc2c(c1)[C@@H]1CC(c3ccco3)=NN1[C@@H](c1cccs1)O2. The second kappa shape index (κ2) is 5.50. The van der Waals surface area contributed by atoms with Crippen LogP contribution in [-0.4, -0.2) is 10.7 Å². The van der Waals surface area contributed by atoms with Gasteiger partial charge in [0.15, 0.2) is 0 Å². The van der Waals surface area contributed by atoms with E-state index in [-0.39, 0.29) is 12.3 Å². The molecule has 1 aromatic carbocycles. The zero-order chi connectivity index (χ0) is 16.1. The highest BCUT2D eigenvalue weighted by Crippen LogP contribution is 2.48. The molecule has 0 bridgehead atoms. The highest BCUT2D eigenvalue weighted by atomic mass is 79.9. The standard InChI is InChI=1S/C18H13BrN2O2S/c19-11-5-6-15-12(9-11)14-10-13(16-3-1-7-22-16)20-21(14)18(23-15)17-4-2-8-24-17/h1-9,14,18H,10H2/t14-,18+/m0/s1. The molecule has 0 aliphatic carbocycles. The van der Waals surface area contributed by atoms with Gasteiger partial charge in [-0.05, 0) is 41.8 Å². The molecule has 4 nitrogen and oxygen atoms in total. The van der Waals surface area contributed by atoms with Gasteiger partial charge in [0.25, 0.3) is 0 Å². The van der Waals surface area contributed by atoms with Gasteiger partial charge in [0.05, 0.1) is 17.2 Å². The van der Waals surface area contributed by atoms with Crippen molar-refractivity contribution in [3.05, 3.63) is 74.8 Å². The van der Waals surface area contributed by atoms with Gasteiger partial charge in [-0.3, -0.25) is 0 Å². The van der Waals surface area contributed by atoms with E-state index >= 15 is 0 Å². The molecule has 4 heterocycles. The van der Waals surface area contributed by atoms with Crippen LogP contribution in [0.5, 0.6) is 5.75 Å². The number of thiophene rings is 1. The van der Waals surface area contributed by atoms with Crippen molar-refractivity contribution in [3.8, 4) is 5.75 Å². The normalized spacial score (nSPS) is 21.9. The van der Waals surface area contributed by atoms with E-state index in [4.69, 9.17) is 14.3 Å². The monoisotopic (exact) mass is 400 g/mol. The number of hydrogen-bond donors (Lipinski definition) is 0. The molecule has 0 fully saturated rings. The molecule has 5 rings (SSSR count). The Bertz CT molecular complexity index is 905. The number of ether oxygens (including phenoxy) is 1. The summed E-state index contributed by atoms with van der Waals surface area (Å²) in [6.45, 7) is 0. The summed E-state index contributed by atoms with van der Waals surface area (Å²) < 4.78 is 12.9. The fourth-order valence-corrected chi connectivity index (χ4v) is 4.39. The average Bonchev–Trinajstić information content (AvgIpc) is 3.33. The van der Waals surface area contributed by atoms with Gasteiger partial charge in [0.1, 0.15) is 17.2 Å². The van der Waals surface area contributed by atoms with Gasteiger partial charge >= 0.3 is 0 Å². The summed E-state index contributed by atoms with van der Waals surface area (Å²) >= 11 is 5.25. The van der Waals surface area contributed by atoms with E-state index < -0.39 is 0 Å². The molecule has 0 saturated carbocycles. The number of benzene rings is 1. The van der Waals surface area contributed by atoms with Gasteiger partial charge < -0.3 is 9.15 Å². The van der Waals surface area contributed by atoms with Crippen molar-refractivity contribution >= 4 is 33.0 Å². The van der Waals surface area contributed by atoms with Crippen molar-refractivity contribution < 1.29 is 9.15 Å². The smallest absolute Gasteiger partial charge is 0.222 e. The van der Waals surface area contributed by atoms with E-state index in [9.17, 15) is 0 Å². The number of nitrogens with zero attached hydrogens (tertiary/aromatic N) is 2. The number of furan rings is 1. The Balaban J connectivity index is 1.62. The minimum Gasteiger partial charge on any atom is -0.464 e. The topological polar surface area (TPSA) is 38.0 Å². The van der Waals surface area contributed by atoms with E-state index in [1.165, 1.54) is 0 Å². The maximum absolute atomic E-state index is 6.29. The first-order valence-corrected chi connectivity index (χ1v) is 9.36. The third kappa shape index (κ3) is 2.21. The molecular formula is C18H13BrN2O2S. The number of fused-ring (bicyclic) bond motifs is 3. The van der Waals surface area contributed by atoms with Crippen LogP contribution in [0.3, 0.4) is 0 Å². The zero-order valence-electron chi connectivity index (χ0n) is 12.6. The lowest BCUT2D eigenvalue weighted by Crippen LogP contribution is -2.33. The minimum atomic E-state index is -0.198. The lowest BCUT2D eigenvalue weighted by atomic mass is 9.98. The van der Waals surface area contributed by atoms with E-state index in [2.05, 4.69) is 38.5 Å². The second-order valence-corrected chi connectivity index (χ2v) is 7.69. The van der Waals surface area contributed by atoms with Gasteiger partial charge in [-0.25, -0.2) is 5.01 Å². The number of rotatable bonds is 2. The van der Waals surface area contributed by atoms with Crippen LogP contribution >= 0.6 is 27.3 Å². The van der Waals surface area contributed by atoms with Crippen LogP contribution in [0.2, 0.25) is 0 Å². The Kier molecular flexibility index (Phi) is 3.28. The zero-order valence-corrected chi connectivity index (χ0v) is 15.0. The summed E-state index contributed by atoms with van der Waals surface area (Å²) in [7, 11) is 0. The molecule has 0 unspecified atom stereocenters. The van der Waals surface area contributed by atoms with Gasteiger partial charge in [-0.15, -0.1) is 11.3 Å². The highest BCUT2D eigenvalue weighted by Gasteiger charge is 2.41. The minimum absolute atomic E-state index is 0.151. The molecule has 0 N–H and O–H groups in total. The quantitative estimate of drug-likeness (QED) is 0.581. The Morgan fingerprint density at radius 1 is 1.21 bits per heavy atom. The summed E-state index contributed by atoms with van der Waals surface area (Å²) in [6.07, 6.45) is 2.30. The van der Waals surface area contributed by atoms with E-state index in [1.807, 2.05) is 30.3 Å². The van der Waals surface area contributed by atoms with Gasteiger partial charge in [0, 0.05) is 16.5 Å². The third-order valence-corrected chi connectivity index (χ3v) is 5.74. The molecule has 0 amide bonds. The van der Waals surface area contributed by atoms with Crippen LogP contribution in [0.4, 0.5) is 0 Å². The van der Waals surface area contributed by atoms with Crippen LogP contribution in [0.1, 0.15) is 34.9 Å². The Morgan fingerprint density at radius 3 is 2.96 bits per heavy atom. The van der Waals surface area contributed by atoms with Gasteiger partial charge in [-0.1, -0.05) is 22.0 Å². The first-order valence-electron chi connectivity index (χ1n) is 7.69. The van der Waals surface area contributed by atoms with Crippen molar-refractivity contribution in [3.63, 3.8) is 0 Å². The predicted molar refractivity (Wildman–Crippen MR) is 96.3 cm³/mol. The van der Waals surface area contributed by atoms with E-state index in [1.54, 1.807) is 17.6 Å². The summed E-state index contributed by atoms with van der Waals surface area (Å²) in [5.74, 6) is 1.75. The van der Waals surface area contributed by atoms with Crippen molar-refractivity contribution in [1.82, 2.24) is 5.01 Å². The maximum Gasteiger partial charge on any atom is 0.222 e. The molecule has 0 radical (unpaired) electrons. The fraction of sp³-hybridized carbons (Fsp3) is 0.167.